The van der Waals surface area contributed by atoms with Crippen LogP contribution in [0.25, 0.3) is 0 Å². The Hall–Kier alpha value is -1.30. The number of methoxy groups -OCH3 is 1. The number of nitrogens with zero attached hydrogens (tertiary/aromatic N) is 2. The zero-order chi connectivity index (χ0) is 13.1. The Kier molecular flexibility index (Phi) is 4.06. The van der Waals surface area contributed by atoms with Gasteiger partial charge in [-0.1, -0.05) is 6.92 Å². The summed E-state index contributed by atoms with van der Waals surface area (Å²) in [5.41, 5.74) is 0. The molecule has 2 rings (SSSR count). The van der Waals surface area contributed by atoms with E-state index in [0.29, 0.717) is 39.4 Å². The molecule has 2 fully saturated rings. The van der Waals surface area contributed by atoms with Gasteiger partial charge in [0.15, 0.2) is 0 Å². The number of carbonyl (C=O) groups excluding carboxylic acids is 2. The van der Waals surface area contributed by atoms with Crippen molar-refractivity contribution in [1.82, 2.24) is 9.80 Å². The molecule has 0 radical (unpaired) electrons. The molecule has 0 aromatic carbocycles. The van der Waals surface area contributed by atoms with Gasteiger partial charge < -0.3 is 19.3 Å². The van der Waals surface area contributed by atoms with Crippen LogP contribution >= 0.6 is 0 Å². The zero-order valence-electron chi connectivity index (χ0n) is 10.9. The van der Waals surface area contributed by atoms with E-state index in [4.69, 9.17) is 9.47 Å². The summed E-state index contributed by atoms with van der Waals surface area (Å²) < 4.78 is 9.99. The first-order valence-corrected chi connectivity index (χ1v) is 6.33. The Balaban J connectivity index is 1.94. The Morgan fingerprint density at radius 3 is 2.44 bits per heavy atom. The van der Waals surface area contributed by atoms with Gasteiger partial charge in [0.2, 0.25) is 0 Å². The van der Waals surface area contributed by atoms with Crippen LogP contribution in [0, 0.1) is 11.8 Å². The minimum Gasteiger partial charge on any atom is -0.469 e. The van der Waals surface area contributed by atoms with Crippen molar-refractivity contribution in [2.45, 2.75) is 6.92 Å². The van der Waals surface area contributed by atoms with Gasteiger partial charge >= 0.3 is 12.0 Å². The van der Waals surface area contributed by atoms with Gasteiger partial charge in [-0.2, -0.15) is 0 Å². The first-order valence-electron chi connectivity index (χ1n) is 6.33. The fourth-order valence-corrected chi connectivity index (χ4v) is 2.54. The molecule has 2 unspecified atom stereocenters. The van der Waals surface area contributed by atoms with Crippen molar-refractivity contribution in [3.05, 3.63) is 0 Å². The normalized spacial score (nSPS) is 28.3. The van der Waals surface area contributed by atoms with Crippen molar-refractivity contribution < 1.29 is 19.1 Å². The number of hydrogen-bond acceptors (Lipinski definition) is 4. The van der Waals surface area contributed by atoms with E-state index in [2.05, 4.69) is 0 Å². The van der Waals surface area contributed by atoms with Crippen molar-refractivity contribution >= 4 is 12.0 Å². The highest BCUT2D eigenvalue weighted by Crippen LogP contribution is 2.25. The van der Waals surface area contributed by atoms with Gasteiger partial charge in [0.1, 0.15) is 0 Å². The summed E-state index contributed by atoms with van der Waals surface area (Å²) in [7, 11) is 1.39. The molecule has 2 aliphatic rings. The van der Waals surface area contributed by atoms with Gasteiger partial charge in [0, 0.05) is 26.2 Å². The SMILES string of the molecule is COC(=O)C1CN(C(=O)N2CCOCC2)CC1C. The van der Waals surface area contributed by atoms with Crippen LogP contribution in [0.3, 0.4) is 0 Å². The highest BCUT2D eigenvalue weighted by atomic mass is 16.5. The number of carbonyl (C=O) groups is 2. The summed E-state index contributed by atoms with van der Waals surface area (Å²) in [6.45, 7) is 5.51. The van der Waals surface area contributed by atoms with Crippen LogP contribution in [0.4, 0.5) is 4.79 Å². The van der Waals surface area contributed by atoms with Crippen molar-refractivity contribution in [3.8, 4) is 0 Å². The van der Waals surface area contributed by atoms with Crippen LogP contribution in [0.1, 0.15) is 6.92 Å². The number of morpholine rings is 1. The van der Waals surface area contributed by atoms with Crippen molar-refractivity contribution in [3.63, 3.8) is 0 Å². The lowest BCUT2D eigenvalue weighted by Gasteiger charge is -2.30. The molecule has 2 amide bonds. The van der Waals surface area contributed by atoms with E-state index >= 15 is 0 Å². The third kappa shape index (κ3) is 2.58. The monoisotopic (exact) mass is 256 g/mol. The maximum atomic E-state index is 12.2. The number of likely N-dealkylation sites (tertiary alicyclic amines) is 1. The lowest BCUT2D eigenvalue weighted by atomic mass is 9.99. The molecule has 6 heteroatoms. The molecule has 0 aromatic rings. The molecule has 6 nitrogen and oxygen atoms in total. The predicted octanol–water partition coefficient (Wildman–Crippen LogP) is 0.180. The molecule has 0 aromatic heterocycles. The fraction of sp³-hybridized carbons (Fsp3) is 0.833. The average molecular weight is 256 g/mol. The van der Waals surface area contributed by atoms with E-state index in [1.807, 2.05) is 6.92 Å². The molecular formula is C12H20N2O4. The minimum atomic E-state index is -0.222. The molecule has 0 bridgehead atoms. The summed E-state index contributed by atoms with van der Waals surface area (Å²) in [5, 5.41) is 0. The zero-order valence-corrected chi connectivity index (χ0v) is 10.9. The van der Waals surface area contributed by atoms with Gasteiger partial charge in [-0.05, 0) is 5.92 Å². The lowest BCUT2D eigenvalue weighted by molar-refractivity contribution is -0.146. The Labute approximate surface area is 107 Å². The van der Waals surface area contributed by atoms with Crippen LogP contribution in [0.15, 0.2) is 0 Å². The molecule has 0 N–H and O–H groups in total. The quantitative estimate of drug-likeness (QED) is 0.628. The van der Waals surface area contributed by atoms with E-state index in [0.717, 1.165) is 0 Å². The standard InChI is InChI=1S/C12H20N2O4/c1-9-7-14(8-10(9)11(15)17-2)12(16)13-3-5-18-6-4-13/h9-10H,3-8H2,1-2H3. The largest absolute Gasteiger partial charge is 0.469 e. The molecule has 2 saturated heterocycles. The number of rotatable bonds is 1. The minimum absolute atomic E-state index is 0.0107. The van der Waals surface area contributed by atoms with Gasteiger partial charge in [-0.25, -0.2) is 4.79 Å². The second-order valence-electron chi connectivity index (χ2n) is 4.89. The van der Waals surface area contributed by atoms with Gasteiger partial charge in [0.25, 0.3) is 0 Å². The number of esters is 1. The van der Waals surface area contributed by atoms with Gasteiger partial charge in [0.05, 0.1) is 26.2 Å². The molecule has 0 spiro atoms. The first-order chi connectivity index (χ1) is 8.63. The fourth-order valence-electron chi connectivity index (χ4n) is 2.54. The second kappa shape index (κ2) is 5.56. The maximum absolute atomic E-state index is 12.2. The summed E-state index contributed by atoms with van der Waals surface area (Å²) in [6.07, 6.45) is 0. The topological polar surface area (TPSA) is 59.1 Å². The Morgan fingerprint density at radius 1 is 1.17 bits per heavy atom. The average Bonchev–Trinajstić information content (AvgIpc) is 2.80. The maximum Gasteiger partial charge on any atom is 0.320 e. The van der Waals surface area contributed by atoms with E-state index in [1.165, 1.54) is 7.11 Å². The molecule has 0 aliphatic carbocycles. The number of ether oxygens (including phenoxy) is 2. The van der Waals surface area contributed by atoms with Crippen LogP contribution in [-0.2, 0) is 14.3 Å². The molecule has 0 saturated carbocycles. The van der Waals surface area contributed by atoms with E-state index in [1.54, 1.807) is 9.80 Å². The third-order valence-electron chi connectivity index (χ3n) is 3.67. The summed E-state index contributed by atoms with van der Waals surface area (Å²) >= 11 is 0. The Morgan fingerprint density at radius 2 is 1.83 bits per heavy atom. The van der Waals surface area contributed by atoms with Gasteiger partial charge in [-0.3, -0.25) is 4.79 Å². The number of urea groups is 1. The molecular weight excluding hydrogens is 236 g/mol. The van der Waals surface area contributed by atoms with Crippen molar-refractivity contribution in [2.75, 3.05) is 46.5 Å². The second-order valence-corrected chi connectivity index (χ2v) is 4.89. The molecule has 18 heavy (non-hydrogen) atoms. The van der Waals surface area contributed by atoms with E-state index in [-0.39, 0.29) is 23.8 Å². The van der Waals surface area contributed by atoms with Crippen molar-refractivity contribution in [1.29, 1.82) is 0 Å². The van der Waals surface area contributed by atoms with Crippen LogP contribution in [0.2, 0.25) is 0 Å². The van der Waals surface area contributed by atoms with Crippen LogP contribution in [-0.4, -0.2) is 68.3 Å². The van der Waals surface area contributed by atoms with Crippen molar-refractivity contribution in [2.24, 2.45) is 11.8 Å². The molecule has 2 aliphatic heterocycles. The Bertz CT molecular complexity index is 328. The lowest BCUT2D eigenvalue weighted by Crippen LogP contribution is -2.47. The third-order valence-corrected chi connectivity index (χ3v) is 3.67. The highest BCUT2D eigenvalue weighted by molar-refractivity contribution is 5.78. The molecule has 2 atom stereocenters. The molecule has 102 valence electrons. The van der Waals surface area contributed by atoms with Crippen LogP contribution in [0.5, 0.6) is 0 Å². The summed E-state index contributed by atoms with van der Waals surface area (Å²) in [6, 6.07) is 0.0107. The predicted molar refractivity (Wildman–Crippen MR) is 64.0 cm³/mol. The van der Waals surface area contributed by atoms with E-state index in [9.17, 15) is 9.59 Å². The summed E-state index contributed by atoms with van der Waals surface area (Å²) in [5.74, 6) is -0.262. The van der Waals surface area contributed by atoms with E-state index < -0.39 is 0 Å². The smallest absolute Gasteiger partial charge is 0.320 e. The summed E-state index contributed by atoms with van der Waals surface area (Å²) in [4.78, 5) is 27.4. The first kappa shape index (κ1) is 13.1. The molecule has 2 heterocycles. The number of hydrogen-bond donors (Lipinski definition) is 0. The van der Waals surface area contributed by atoms with Gasteiger partial charge in [-0.15, -0.1) is 0 Å². The highest BCUT2D eigenvalue weighted by Gasteiger charge is 2.39. The number of amides is 2. The van der Waals surface area contributed by atoms with Crippen LogP contribution < -0.4 is 0 Å².